The first-order valence-electron chi connectivity index (χ1n) is 8.19. The molecule has 0 radical (unpaired) electrons. The van der Waals surface area contributed by atoms with Crippen molar-refractivity contribution < 1.29 is 0 Å². The summed E-state index contributed by atoms with van der Waals surface area (Å²) in [4.78, 5) is 4.81. The van der Waals surface area contributed by atoms with Crippen LogP contribution < -0.4 is 0 Å². The highest BCUT2D eigenvalue weighted by atomic mass is 35.5. The number of imidazole rings is 1. The zero-order valence-electron chi connectivity index (χ0n) is 13.1. The Labute approximate surface area is 132 Å². The van der Waals surface area contributed by atoms with Gasteiger partial charge in [0.15, 0.2) is 0 Å². The number of hydrogen-bond donors (Lipinski definition) is 0. The van der Waals surface area contributed by atoms with Crippen molar-refractivity contribution in [3.63, 3.8) is 0 Å². The molecule has 0 spiro atoms. The lowest BCUT2D eigenvalue weighted by Crippen LogP contribution is -2.20. The fraction of sp³-hybridized carbons (Fsp3) is 0.611. The molecule has 114 valence electrons. The Morgan fingerprint density at radius 3 is 2.95 bits per heavy atom. The van der Waals surface area contributed by atoms with Crippen LogP contribution in [0.3, 0.4) is 0 Å². The number of fused-ring (bicyclic) bond motifs is 1. The molecule has 0 bridgehead atoms. The molecular weight excluding hydrogens is 280 g/mol. The van der Waals surface area contributed by atoms with Crippen LogP contribution in [0.5, 0.6) is 0 Å². The molecule has 2 nitrogen and oxygen atoms in total. The summed E-state index contributed by atoms with van der Waals surface area (Å²) in [6, 6.07) is 6.56. The Morgan fingerprint density at radius 2 is 2.19 bits per heavy atom. The first kappa shape index (κ1) is 14.9. The Morgan fingerprint density at radius 1 is 1.33 bits per heavy atom. The van der Waals surface area contributed by atoms with Crippen molar-refractivity contribution in [3.8, 4) is 0 Å². The van der Waals surface area contributed by atoms with Gasteiger partial charge in [0, 0.05) is 18.8 Å². The lowest BCUT2D eigenvalue weighted by molar-refractivity contribution is 0.257. The van der Waals surface area contributed by atoms with Crippen molar-refractivity contribution in [2.45, 2.75) is 52.5 Å². The Hall–Kier alpha value is -1.02. The van der Waals surface area contributed by atoms with Gasteiger partial charge >= 0.3 is 0 Å². The average Bonchev–Trinajstić information content (AvgIpc) is 2.77. The van der Waals surface area contributed by atoms with E-state index < -0.39 is 0 Å². The molecule has 1 heterocycles. The molecule has 1 saturated carbocycles. The van der Waals surface area contributed by atoms with E-state index in [4.69, 9.17) is 16.6 Å². The van der Waals surface area contributed by atoms with Gasteiger partial charge in [0.1, 0.15) is 5.82 Å². The van der Waals surface area contributed by atoms with Crippen LogP contribution in [0.1, 0.15) is 44.0 Å². The van der Waals surface area contributed by atoms with E-state index in [1.807, 2.05) is 0 Å². The van der Waals surface area contributed by atoms with Crippen LogP contribution in [0, 0.1) is 18.8 Å². The topological polar surface area (TPSA) is 17.8 Å². The fourth-order valence-corrected chi connectivity index (χ4v) is 3.91. The molecule has 3 rings (SSSR count). The average molecular weight is 305 g/mol. The van der Waals surface area contributed by atoms with Gasteiger partial charge < -0.3 is 4.57 Å². The standard InChI is InChI=1S/C18H25ClN2/c1-13-4-3-5-15(10-13)12-21-17-11-14(2)6-7-16(17)20-18(21)8-9-19/h6-7,11,13,15H,3-5,8-10,12H2,1-2H3. The molecule has 0 amide bonds. The van der Waals surface area contributed by atoms with Gasteiger partial charge in [0.25, 0.3) is 0 Å². The lowest BCUT2D eigenvalue weighted by Gasteiger charge is -2.27. The SMILES string of the molecule is Cc1ccc2nc(CCCl)n(CC3CCCC(C)C3)c2c1. The third-order valence-electron chi connectivity index (χ3n) is 4.79. The predicted molar refractivity (Wildman–Crippen MR) is 90.0 cm³/mol. The highest BCUT2D eigenvalue weighted by Gasteiger charge is 2.21. The Balaban J connectivity index is 1.94. The molecule has 3 heteroatoms. The third kappa shape index (κ3) is 3.26. The lowest BCUT2D eigenvalue weighted by atomic mass is 9.82. The van der Waals surface area contributed by atoms with Crippen LogP contribution in [0.15, 0.2) is 18.2 Å². The smallest absolute Gasteiger partial charge is 0.111 e. The Kier molecular flexibility index (Phi) is 4.54. The van der Waals surface area contributed by atoms with Gasteiger partial charge in [0.2, 0.25) is 0 Å². The first-order chi connectivity index (χ1) is 10.2. The van der Waals surface area contributed by atoms with Crippen LogP contribution in [0.4, 0.5) is 0 Å². The molecule has 1 aromatic carbocycles. The predicted octanol–water partition coefficient (Wildman–Crippen LogP) is 4.95. The summed E-state index contributed by atoms with van der Waals surface area (Å²) in [7, 11) is 0. The second-order valence-electron chi connectivity index (χ2n) is 6.71. The quantitative estimate of drug-likeness (QED) is 0.731. The summed E-state index contributed by atoms with van der Waals surface area (Å²) in [6.45, 7) is 5.65. The minimum Gasteiger partial charge on any atom is -0.328 e. The molecule has 0 N–H and O–H groups in total. The van der Waals surface area contributed by atoms with Gasteiger partial charge in [-0.25, -0.2) is 4.98 Å². The molecule has 0 saturated heterocycles. The number of nitrogens with zero attached hydrogens (tertiary/aromatic N) is 2. The zero-order chi connectivity index (χ0) is 14.8. The normalized spacial score (nSPS) is 22.8. The Bertz CT molecular complexity index is 617. The van der Waals surface area contributed by atoms with Crippen LogP contribution in [-0.2, 0) is 13.0 Å². The van der Waals surface area contributed by atoms with Gasteiger partial charge in [-0.3, -0.25) is 0 Å². The fourth-order valence-electron chi connectivity index (χ4n) is 3.75. The largest absolute Gasteiger partial charge is 0.328 e. The van der Waals surface area contributed by atoms with Crippen molar-refractivity contribution >= 4 is 22.6 Å². The summed E-state index contributed by atoms with van der Waals surface area (Å²) in [6.07, 6.45) is 6.34. The van der Waals surface area contributed by atoms with Crippen molar-refractivity contribution in [1.82, 2.24) is 9.55 Å². The number of halogens is 1. The van der Waals surface area contributed by atoms with E-state index in [2.05, 4.69) is 36.6 Å². The zero-order valence-corrected chi connectivity index (χ0v) is 13.9. The summed E-state index contributed by atoms with van der Waals surface area (Å²) in [5.74, 6) is 3.46. The number of alkyl halides is 1. The van der Waals surface area contributed by atoms with E-state index >= 15 is 0 Å². The van der Waals surface area contributed by atoms with E-state index in [1.54, 1.807) is 0 Å². The summed E-state index contributed by atoms with van der Waals surface area (Å²) in [5, 5.41) is 0. The maximum atomic E-state index is 5.98. The molecule has 2 unspecified atom stereocenters. The summed E-state index contributed by atoms with van der Waals surface area (Å²) >= 11 is 5.98. The van der Waals surface area contributed by atoms with Crippen molar-refractivity contribution in [2.24, 2.45) is 11.8 Å². The van der Waals surface area contributed by atoms with Gasteiger partial charge in [-0.05, 0) is 49.3 Å². The van der Waals surface area contributed by atoms with Crippen molar-refractivity contribution in [3.05, 3.63) is 29.6 Å². The third-order valence-corrected chi connectivity index (χ3v) is 4.98. The van der Waals surface area contributed by atoms with Gasteiger partial charge in [-0.1, -0.05) is 25.8 Å². The highest BCUT2D eigenvalue weighted by molar-refractivity contribution is 6.17. The molecule has 1 aliphatic carbocycles. The van der Waals surface area contributed by atoms with E-state index in [-0.39, 0.29) is 0 Å². The first-order valence-corrected chi connectivity index (χ1v) is 8.72. The van der Waals surface area contributed by atoms with E-state index in [0.29, 0.717) is 5.88 Å². The van der Waals surface area contributed by atoms with Gasteiger partial charge in [0.05, 0.1) is 11.0 Å². The summed E-state index contributed by atoms with van der Waals surface area (Å²) in [5.41, 5.74) is 3.70. The summed E-state index contributed by atoms with van der Waals surface area (Å²) < 4.78 is 2.44. The van der Waals surface area contributed by atoms with Crippen LogP contribution in [0.25, 0.3) is 11.0 Å². The van der Waals surface area contributed by atoms with Crippen molar-refractivity contribution in [2.75, 3.05) is 5.88 Å². The molecule has 1 aromatic heterocycles. The number of hydrogen-bond acceptors (Lipinski definition) is 1. The number of aryl methyl sites for hydroxylation is 2. The maximum absolute atomic E-state index is 5.98. The monoisotopic (exact) mass is 304 g/mol. The van der Waals surface area contributed by atoms with Crippen LogP contribution in [-0.4, -0.2) is 15.4 Å². The molecule has 2 atom stereocenters. The minimum atomic E-state index is 0.642. The maximum Gasteiger partial charge on any atom is 0.111 e. The minimum absolute atomic E-state index is 0.642. The molecule has 2 aromatic rings. The van der Waals surface area contributed by atoms with Crippen LogP contribution in [0.2, 0.25) is 0 Å². The highest BCUT2D eigenvalue weighted by Crippen LogP contribution is 2.31. The van der Waals surface area contributed by atoms with Gasteiger partial charge in [-0.2, -0.15) is 0 Å². The van der Waals surface area contributed by atoms with Crippen molar-refractivity contribution in [1.29, 1.82) is 0 Å². The van der Waals surface area contributed by atoms with E-state index in [1.165, 1.54) is 36.8 Å². The molecular formula is C18H25ClN2. The molecule has 21 heavy (non-hydrogen) atoms. The number of benzene rings is 1. The molecule has 0 aliphatic heterocycles. The molecule has 1 fully saturated rings. The number of aromatic nitrogens is 2. The number of rotatable bonds is 4. The van der Waals surface area contributed by atoms with Crippen LogP contribution >= 0.6 is 11.6 Å². The van der Waals surface area contributed by atoms with E-state index in [9.17, 15) is 0 Å². The second-order valence-corrected chi connectivity index (χ2v) is 7.09. The second kappa shape index (κ2) is 6.39. The van der Waals surface area contributed by atoms with Gasteiger partial charge in [-0.15, -0.1) is 11.6 Å². The molecule has 1 aliphatic rings. The van der Waals surface area contributed by atoms with E-state index in [0.717, 1.165) is 36.1 Å².